The standard InChI is InChI=1S/C18H19N3O.C16H21N3O3.C12H14N2O.C11H15Cl2N.C7H6N2O.2CH4O.2ClH/c22-17-18(15-6-9-19-12-16(15)20-17)7-10-21(11-8-18)13-14-4-2-1-3-5-14;1-15(2,3)22-14(21)19-8-5-16(6-9-19)11-4-7-17-10-12(11)18-13(16)20;15-11-12(5-2-1-3-6-12)9-4-7-13-8-10(9)14-11;12-6-8-14(9-7-13)10-11-4-2-1-3-5-11;10-7-3-5-1-2-8-4-6(5)9-7;2*1-2;;/h1-6,9,12H,7-8,10-11,13H2,(H,20,22);4,7,10H,5-6,8-9H2,1-3H3,(H,18,20);4,7-8H,1-3,5-6H2,(H,14,15);1-5H,6-10H2;1-2,4H,3H2,(H,9,10);2*2H,1H3;2*1H. The molecule has 0 radical (unpaired) electrons. The molecule has 2 saturated heterocycles. The molecule has 7 aliphatic rings. The number of pyridine rings is 4. The summed E-state index contributed by atoms with van der Waals surface area (Å²) in [6.45, 7) is 12.2. The summed E-state index contributed by atoms with van der Waals surface area (Å²) in [4.78, 5) is 82.4. The number of anilines is 4. The second-order valence-electron chi connectivity index (χ2n) is 23.1. The van der Waals surface area contributed by atoms with E-state index in [1.54, 1.807) is 54.5 Å². The number of rotatable bonds is 8. The Morgan fingerprint density at radius 2 is 0.955 bits per heavy atom. The predicted octanol–water partition coefficient (Wildman–Crippen LogP) is 10.7. The molecular weight excluding hydrogens is 1220 g/mol. The van der Waals surface area contributed by atoms with Crippen molar-refractivity contribution in [3.8, 4) is 0 Å². The summed E-state index contributed by atoms with van der Waals surface area (Å²) in [5.41, 5.74) is 8.83. The van der Waals surface area contributed by atoms with Gasteiger partial charge < -0.3 is 41.1 Å². The minimum absolute atomic E-state index is 0. The minimum atomic E-state index is -0.531. The van der Waals surface area contributed by atoms with Crippen LogP contribution in [0.5, 0.6) is 0 Å². The number of amides is 5. The molecule has 6 N–H and O–H groups in total. The molecule has 0 bridgehead atoms. The summed E-state index contributed by atoms with van der Waals surface area (Å²) in [5, 5.41) is 25.6. The van der Waals surface area contributed by atoms with Crippen LogP contribution >= 0.6 is 48.0 Å². The Morgan fingerprint density at radius 3 is 1.38 bits per heavy atom. The van der Waals surface area contributed by atoms with E-state index in [1.165, 1.54) is 23.1 Å². The molecule has 6 aromatic rings. The number of nitrogens with one attached hydrogen (secondary N) is 4. The number of aliphatic hydroxyl groups is 2. The maximum absolute atomic E-state index is 12.5. The second-order valence-corrected chi connectivity index (χ2v) is 23.8. The Morgan fingerprint density at radius 1 is 0.551 bits per heavy atom. The third-order valence-electron chi connectivity index (χ3n) is 16.6. The second kappa shape index (κ2) is 35.0. The van der Waals surface area contributed by atoms with E-state index in [0.717, 1.165) is 131 Å². The largest absolute Gasteiger partial charge is 0.444 e. The van der Waals surface area contributed by atoms with E-state index >= 15 is 0 Å². The van der Waals surface area contributed by atoms with Crippen LogP contribution in [0.25, 0.3) is 0 Å². The Bertz CT molecular complexity index is 3180. The van der Waals surface area contributed by atoms with Gasteiger partial charge >= 0.3 is 6.09 Å². The average Bonchev–Trinajstić information content (AvgIpc) is 1.68. The molecule has 13 rings (SSSR count). The first-order valence-corrected chi connectivity index (χ1v) is 30.7. The van der Waals surface area contributed by atoms with E-state index in [1.807, 2.05) is 57.2 Å². The number of carbonyl (C=O) groups excluding carboxylic acids is 5. The van der Waals surface area contributed by atoms with Gasteiger partial charge in [-0.3, -0.25) is 48.9 Å². The first-order chi connectivity index (χ1) is 42.1. The maximum Gasteiger partial charge on any atom is 0.410 e. The number of aromatic nitrogens is 4. The van der Waals surface area contributed by atoms with Crippen molar-refractivity contribution in [1.82, 2.24) is 34.6 Å². The number of piperidine rings is 2. The molecule has 19 nitrogen and oxygen atoms in total. The van der Waals surface area contributed by atoms with Crippen LogP contribution in [0.4, 0.5) is 27.5 Å². The summed E-state index contributed by atoms with van der Waals surface area (Å²) < 4.78 is 5.40. The van der Waals surface area contributed by atoms with Crippen LogP contribution in [-0.4, -0.2) is 145 Å². The molecule has 89 heavy (non-hydrogen) atoms. The first kappa shape index (κ1) is 72.9. The van der Waals surface area contributed by atoms with Crippen LogP contribution < -0.4 is 21.3 Å². The van der Waals surface area contributed by atoms with E-state index in [4.69, 9.17) is 38.2 Å². The summed E-state index contributed by atoms with van der Waals surface area (Å²) >= 11 is 11.4. The van der Waals surface area contributed by atoms with Gasteiger partial charge in [-0.05, 0) is 130 Å². The van der Waals surface area contributed by atoms with Crippen molar-refractivity contribution in [3.63, 3.8) is 0 Å². The van der Waals surface area contributed by atoms with Crippen molar-refractivity contribution in [2.24, 2.45) is 0 Å². The molecule has 3 fully saturated rings. The van der Waals surface area contributed by atoms with Gasteiger partial charge in [0.05, 0.1) is 70.2 Å². The van der Waals surface area contributed by atoms with Gasteiger partial charge in [-0.1, -0.05) is 79.9 Å². The van der Waals surface area contributed by atoms with Gasteiger partial charge in [0.25, 0.3) is 0 Å². The molecule has 23 heteroatoms. The van der Waals surface area contributed by atoms with E-state index < -0.39 is 11.0 Å². The molecule has 10 heterocycles. The van der Waals surface area contributed by atoms with Crippen LogP contribution in [0, 0.1) is 0 Å². The third-order valence-corrected chi connectivity index (χ3v) is 16.9. The molecule has 480 valence electrons. The fraction of sp³-hybridized carbons (Fsp3) is 0.439. The summed E-state index contributed by atoms with van der Waals surface area (Å²) in [6.07, 6.45) is 22.6. The number of alkyl halides is 2. The van der Waals surface area contributed by atoms with E-state index in [2.05, 4.69) is 99.5 Å². The Kier molecular flexibility index (Phi) is 28.7. The number of halogens is 4. The molecule has 4 aromatic heterocycles. The monoisotopic (exact) mass is 1300 g/mol. The van der Waals surface area contributed by atoms with Crippen molar-refractivity contribution in [3.05, 3.63) is 168 Å². The highest BCUT2D eigenvalue weighted by Gasteiger charge is 2.51. The molecular formula is C66H85Cl4N11O8. The number of aliphatic hydroxyl groups excluding tert-OH is 2. The quantitative estimate of drug-likeness (QED) is 0.0777. The van der Waals surface area contributed by atoms with Gasteiger partial charge in [-0.15, -0.1) is 48.0 Å². The van der Waals surface area contributed by atoms with Crippen molar-refractivity contribution in [2.45, 2.75) is 120 Å². The normalized spacial score (nSPS) is 17.1. The van der Waals surface area contributed by atoms with Gasteiger partial charge in [-0.25, -0.2) is 4.79 Å². The molecule has 3 spiro atoms. The van der Waals surface area contributed by atoms with E-state index in [0.29, 0.717) is 44.1 Å². The molecule has 1 saturated carbocycles. The zero-order valence-electron chi connectivity index (χ0n) is 51.4. The topological polar surface area (TPSA) is 244 Å². The van der Waals surface area contributed by atoms with Crippen LogP contribution in [0.3, 0.4) is 0 Å². The lowest BCUT2D eigenvalue weighted by atomic mass is 9.70. The lowest BCUT2D eigenvalue weighted by Gasteiger charge is -2.38. The number of hydrogen-bond donors (Lipinski definition) is 6. The fourth-order valence-electron chi connectivity index (χ4n) is 12.2. The lowest BCUT2D eigenvalue weighted by Crippen LogP contribution is -2.49. The number of ether oxygens (including phenoxy) is 1. The number of likely N-dealkylation sites (tertiary alicyclic amines) is 2. The predicted molar refractivity (Wildman–Crippen MR) is 355 cm³/mol. The molecule has 1 aliphatic carbocycles. The summed E-state index contributed by atoms with van der Waals surface area (Å²) in [6, 6.07) is 28.6. The number of nitrogens with zero attached hydrogens (tertiary/aromatic N) is 7. The lowest BCUT2D eigenvalue weighted by molar-refractivity contribution is -0.123. The highest BCUT2D eigenvalue weighted by molar-refractivity contribution is 6.18. The molecule has 0 unspecified atom stereocenters. The van der Waals surface area contributed by atoms with Crippen LogP contribution in [-0.2, 0) is 59.7 Å². The molecule has 5 amide bonds. The van der Waals surface area contributed by atoms with Gasteiger partial charge in [0, 0.05) is 90.0 Å². The number of benzene rings is 2. The van der Waals surface area contributed by atoms with E-state index in [-0.39, 0.29) is 65.4 Å². The third kappa shape index (κ3) is 18.4. The van der Waals surface area contributed by atoms with Crippen LogP contribution in [0.1, 0.15) is 112 Å². The number of carbonyl (C=O) groups is 5. The number of fused-ring (bicyclic) bond motifs is 7. The van der Waals surface area contributed by atoms with Gasteiger partial charge in [0.15, 0.2) is 0 Å². The van der Waals surface area contributed by atoms with Gasteiger partial charge in [-0.2, -0.15) is 0 Å². The van der Waals surface area contributed by atoms with Crippen molar-refractivity contribution in [2.75, 3.05) is 86.5 Å². The Balaban J connectivity index is 0.000000203. The summed E-state index contributed by atoms with van der Waals surface area (Å²) in [5.74, 6) is 1.72. The average molecular weight is 1300 g/mol. The molecule has 2 aromatic carbocycles. The van der Waals surface area contributed by atoms with Gasteiger partial charge in [0.2, 0.25) is 23.6 Å². The Hall–Kier alpha value is -6.81. The minimum Gasteiger partial charge on any atom is -0.444 e. The highest BCUT2D eigenvalue weighted by atomic mass is 35.5. The maximum atomic E-state index is 12.5. The summed E-state index contributed by atoms with van der Waals surface area (Å²) in [7, 11) is 2.00. The van der Waals surface area contributed by atoms with Crippen molar-refractivity contribution in [1.29, 1.82) is 0 Å². The highest BCUT2D eigenvalue weighted by Crippen LogP contribution is 2.48. The molecule has 6 aliphatic heterocycles. The first-order valence-electron chi connectivity index (χ1n) is 29.7. The number of hydrogen-bond acceptors (Lipinski definition) is 14. The van der Waals surface area contributed by atoms with Crippen molar-refractivity contribution >= 4 is 100 Å². The van der Waals surface area contributed by atoms with Crippen LogP contribution in [0.2, 0.25) is 0 Å². The smallest absolute Gasteiger partial charge is 0.410 e. The Labute approximate surface area is 545 Å². The zero-order chi connectivity index (χ0) is 62.5. The van der Waals surface area contributed by atoms with Crippen LogP contribution in [0.15, 0.2) is 135 Å². The fourth-order valence-corrected chi connectivity index (χ4v) is 12.7. The zero-order valence-corrected chi connectivity index (χ0v) is 54.5. The molecule has 0 atom stereocenters. The SMILES string of the molecule is CC(C)(C)OC(=O)N1CCC2(CC1)C(=O)Nc1cnccc12.CO.CO.Cl.Cl.ClCCN(CCCl)Cc1ccccc1.O=C1Cc2ccncc2N1.O=C1Nc2cnccc2C12CCCCC2.O=C1Nc2cnccc2C12CCN(Cc1ccccc1)CC2. The van der Waals surface area contributed by atoms with Gasteiger partial charge in [0.1, 0.15) is 5.60 Å². The van der Waals surface area contributed by atoms with E-state index in [9.17, 15) is 24.0 Å². The van der Waals surface area contributed by atoms with Crippen molar-refractivity contribution < 1.29 is 38.9 Å².